The SMILES string of the molecule is c1ccc(C2(c3ccccc3)c3ccccc3-c3c(-c4ccccc4N(c4ccc5c(c4)-c4ccccc4C54c5ccccc5Sc5ccccc54)c4ccc5c(c4)-c4ccccc4C54c5ccccc5Sc5ccccc54)cccc32)cc1. The highest BCUT2D eigenvalue weighted by atomic mass is 32.2. The van der Waals surface area contributed by atoms with Crippen LogP contribution in [0.15, 0.2) is 329 Å². The van der Waals surface area contributed by atoms with Gasteiger partial charge in [0.15, 0.2) is 0 Å². The molecule has 0 atom stereocenters. The first-order chi connectivity index (χ1) is 41.7. The second kappa shape index (κ2) is 18.2. The molecule has 2 heterocycles. The quantitative estimate of drug-likeness (QED) is 0.163. The summed E-state index contributed by atoms with van der Waals surface area (Å²) in [5, 5.41) is 0. The summed E-state index contributed by atoms with van der Waals surface area (Å²) >= 11 is 3.78. The van der Waals surface area contributed by atoms with Crippen LogP contribution >= 0.6 is 23.5 Å². The van der Waals surface area contributed by atoms with Crippen LogP contribution in [-0.4, -0.2) is 0 Å². The summed E-state index contributed by atoms with van der Waals surface area (Å²) in [4.78, 5) is 7.79. The Bertz CT molecular complexity index is 4560. The van der Waals surface area contributed by atoms with Gasteiger partial charge in [0.25, 0.3) is 0 Å². The van der Waals surface area contributed by atoms with Crippen LogP contribution in [0.5, 0.6) is 0 Å². The molecule has 0 fully saturated rings. The van der Waals surface area contributed by atoms with Crippen molar-refractivity contribution in [2.24, 2.45) is 0 Å². The normalized spacial score (nSPS) is 14.9. The Hall–Kier alpha value is -9.64. The van der Waals surface area contributed by atoms with Crippen LogP contribution in [-0.2, 0) is 16.2 Å². The molecule has 1 nitrogen and oxygen atoms in total. The maximum absolute atomic E-state index is 2.58. The number of hydrogen-bond acceptors (Lipinski definition) is 3. The fourth-order valence-electron chi connectivity index (χ4n) is 16.0. The predicted octanol–water partition coefficient (Wildman–Crippen LogP) is 20.8. The third-order valence-corrected chi connectivity index (χ3v) is 21.4. The largest absolute Gasteiger partial charge is 0.310 e. The summed E-state index contributed by atoms with van der Waals surface area (Å²) in [6, 6.07) is 117. The summed E-state index contributed by atoms with van der Waals surface area (Å²) in [6.45, 7) is 0. The molecule has 2 aliphatic heterocycles. The van der Waals surface area contributed by atoms with Gasteiger partial charge in [-0.3, -0.25) is 0 Å². The van der Waals surface area contributed by atoms with E-state index in [4.69, 9.17) is 0 Å². The van der Waals surface area contributed by atoms with Crippen molar-refractivity contribution in [3.05, 3.63) is 376 Å². The maximum atomic E-state index is 2.58. The Labute approximate surface area is 498 Å². The van der Waals surface area contributed by atoms with Crippen LogP contribution in [0, 0.1) is 0 Å². The number of benzene rings is 13. The number of para-hydroxylation sites is 1. The molecule has 3 heteroatoms. The van der Waals surface area contributed by atoms with Crippen LogP contribution in [0.3, 0.4) is 0 Å². The van der Waals surface area contributed by atoms with Gasteiger partial charge in [0.2, 0.25) is 0 Å². The topological polar surface area (TPSA) is 3.24 Å². The fourth-order valence-corrected chi connectivity index (χ4v) is 18.4. The summed E-state index contributed by atoms with van der Waals surface area (Å²) in [6.07, 6.45) is 0. The molecular weight excluding hydrogens is 1050 g/mol. The molecule has 18 rings (SSSR count). The second-order valence-electron chi connectivity index (χ2n) is 22.8. The Kier molecular flexibility index (Phi) is 10.4. The first-order valence-electron chi connectivity index (χ1n) is 29.1. The Morgan fingerprint density at radius 2 is 0.548 bits per heavy atom. The zero-order valence-corrected chi connectivity index (χ0v) is 47.3. The molecule has 0 bridgehead atoms. The molecule has 13 aromatic rings. The molecule has 5 aliphatic rings. The molecule has 0 unspecified atom stereocenters. The average molecular weight is 1100 g/mol. The highest BCUT2D eigenvalue weighted by molar-refractivity contribution is 7.99. The van der Waals surface area contributed by atoms with E-state index in [0.29, 0.717) is 0 Å². The minimum atomic E-state index is -0.546. The van der Waals surface area contributed by atoms with E-state index >= 15 is 0 Å². The summed E-state index contributed by atoms with van der Waals surface area (Å²) in [7, 11) is 0. The summed E-state index contributed by atoms with van der Waals surface area (Å²) < 4.78 is 0. The molecular formula is C81H51NS2. The van der Waals surface area contributed by atoms with Crippen LogP contribution in [0.4, 0.5) is 17.1 Å². The van der Waals surface area contributed by atoms with E-state index in [1.54, 1.807) is 0 Å². The van der Waals surface area contributed by atoms with E-state index < -0.39 is 16.2 Å². The Balaban J connectivity index is 0.913. The van der Waals surface area contributed by atoms with Crippen molar-refractivity contribution in [1.29, 1.82) is 0 Å². The molecule has 0 N–H and O–H groups in total. The molecule has 0 saturated carbocycles. The van der Waals surface area contributed by atoms with Gasteiger partial charge in [-0.15, -0.1) is 0 Å². The molecule has 3 aliphatic carbocycles. The van der Waals surface area contributed by atoms with Crippen LogP contribution in [0.2, 0.25) is 0 Å². The van der Waals surface area contributed by atoms with E-state index in [-0.39, 0.29) is 0 Å². The Morgan fingerprint density at radius 3 is 1.01 bits per heavy atom. The van der Waals surface area contributed by atoms with Crippen LogP contribution in [0.25, 0.3) is 44.5 Å². The van der Waals surface area contributed by atoms with Crippen molar-refractivity contribution >= 4 is 40.6 Å². The summed E-state index contributed by atoms with van der Waals surface area (Å²) in [5.41, 5.74) is 27.4. The van der Waals surface area contributed by atoms with E-state index in [1.807, 2.05) is 23.5 Å². The van der Waals surface area contributed by atoms with Gasteiger partial charge in [0, 0.05) is 36.5 Å². The van der Waals surface area contributed by atoms with Crippen molar-refractivity contribution in [2.45, 2.75) is 35.8 Å². The zero-order valence-electron chi connectivity index (χ0n) is 45.7. The number of rotatable bonds is 6. The molecule has 13 aromatic carbocycles. The lowest BCUT2D eigenvalue weighted by molar-refractivity contribution is 0.722. The number of anilines is 3. The lowest BCUT2D eigenvalue weighted by atomic mass is 9.67. The maximum Gasteiger partial charge on any atom is 0.0735 e. The van der Waals surface area contributed by atoms with Crippen molar-refractivity contribution in [1.82, 2.24) is 0 Å². The number of fused-ring (bicyclic) bond motifs is 21. The van der Waals surface area contributed by atoms with Crippen LogP contribution < -0.4 is 4.90 Å². The first-order valence-corrected chi connectivity index (χ1v) is 30.8. The van der Waals surface area contributed by atoms with E-state index in [0.717, 1.165) is 22.6 Å². The predicted molar refractivity (Wildman–Crippen MR) is 347 cm³/mol. The van der Waals surface area contributed by atoms with E-state index in [2.05, 4.69) is 314 Å². The molecule has 0 radical (unpaired) electrons. The molecule has 392 valence electrons. The molecule has 2 spiro atoms. The lowest BCUT2D eigenvalue weighted by Crippen LogP contribution is -2.32. The molecule has 0 saturated heterocycles. The molecule has 0 amide bonds. The highest BCUT2D eigenvalue weighted by Crippen LogP contribution is 2.66. The van der Waals surface area contributed by atoms with Crippen LogP contribution in [0.1, 0.15) is 66.8 Å². The first kappa shape index (κ1) is 47.9. The number of nitrogens with zero attached hydrogens (tertiary/aromatic N) is 1. The van der Waals surface area contributed by atoms with Crippen molar-refractivity contribution in [3.63, 3.8) is 0 Å². The van der Waals surface area contributed by atoms with Gasteiger partial charge in [-0.2, -0.15) is 0 Å². The van der Waals surface area contributed by atoms with Gasteiger partial charge in [-0.05, 0) is 160 Å². The zero-order chi connectivity index (χ0) is 55.1. The second-order valence-corrected chi connectivity index (χ2v) is 25.0. The standard InChI is InChI=1S/C81H51NS2/c1-3-24-52(25-4-1)79(53-26-5-2-6-27-53)65-35-13-9-31-60(65)78-59(32-23-40-72(78)79)58-30-10-18-41-73(58)82(54-46-48-66-61(50-54)56-28-7-11-33-63(56)80(66)68-36-14-19-42-74(68)83-75-43-20-15-37-69(75)80)55-47-49-67-62(51-55)57-29-8-12-34-64(57)81(67)70-38-16-21-44-76(70)84-77-45-22-17-39-71(77)81/h1-51H. The average Bonchev–Trinajstić information content (AvgIpc) is 1.56. The van der Waals surface area contributed by atoms with Gasteiger partial charge in [-0.1, -0.05) is 278 Å². The summed E-state index contributed by atoms with van der Waals surface area (Å²) in [5.74, 6) is 0. The Morgan fingerprint density at radius 1 is 0.214 bits per heavy atom. The smallest absolute Gasteiger partial charge is 0.0735 e. The molecule has 0 aromatic heterocycles. The van der Waals surface area contributed by atoms with Gasteiger partial charge in [0.05, 0.1) is 21.9 Å². The minimum Gasteiger partial charge on any atom is -0.310 e. The minimum absolute atomic E-state index is 0.496. The number of hydrogen-bond donors (Lipinski definition) is 0. The van der Waals surface area contributed by atoms with E-state index in [9.17, 15) is 0 Å². The van der Waals surface area contributed by atoms with Gasteiger partial charge in [-0.25, -0.2) is 0 Å². The van der Waals surface area contributed by atoms with Crippen molar-refractivity contribution in [2.75, 3.05) is 4.90 Å². The monoisotopic (exact) mass is 1100 g/mol. The van der Waals surface area contributed by atoms with Gasteiger partial charge < -0.3 is 4.90 Å². The third-order valence-electron chi connectivity index (χ3n) is 19.1. The van der Waals surface area contributed by atoms with Gasteiger partial charge in [0.1, 0.15) is 0 Å². The highest BCUT2D eigenvalue weighted by Gasteiger charge is 2.53. The molecule has 84 heavy (non-hydrogen) atoms. The van der Waals surface area contributed by atoms with Gasteiger partial charge >= 0.3 is 0 Å². The third kappa shape index (κ3) is 6.27. The van der Waals surface area contributed by atoms with Crippen molar-refractivity contribution < 1.29 is 0 Å². The fraction of sp³-hybridized carbons (Fsp3) is 0.0370. The van der Waals surface area contributed by atoms with E-state index in [1.165, 1.54) is 125 Å². The van der Waals surface area contributed by atoms with Crippen molar-refractivity contribution in [3.8, 4) is 44.5 Å². The lowest BCUT2D eigenvalue weighted by Gasteiger charge is -2.40.